The number of rotatable bonds is 6. The lowest BCUT2D eigenvalue weighted by molar-refractivity contribution is -0.113. The van der Waals surface area contributed by atoms with Crippen molar-refractivity contribution in [2.75, 3.05) is 11.1 Å². The average molecular weight is 458 g/mol. The molecule has 0 saturated heterocycles. The lowest BCUT2D eigenvalue weighted by Gasteiger charge is -2.11. The molecule has 0 fully saturated rings. The van der Waals surface area contributed by atoms with Crippen LogP contribution in [0.1, 0.15) is 0 Å². The van der Waals surface area contributed by atoms with Gasteiger partial charge in [-0.1, -0.05) is 23.4 Å². The Hall–Kier alpha value is -3.30. The van der Waals surface area contributed by atoms with Crippen molar-refractivity contribution in [3.8, 4) is 17.1 Å². The minimum absolute atomic E-state index is 0.00410. The van der Waals surface area contributed by atoms with Crippen LogP contribution in [0.25, 0.3) is 17.1 Å². The van der Waals surface area contributed by atoms with Crippen LogP contribution in [0.15, 0.2) is 72.1 Å². The highest BCUT2D eigenvalue weighted by Gasteiger charge is 2.18. The first-order valence-corrected chi connectivity index (χ1v) is 10.4. The zero-order valence-electron chi connectivity index (χ0n) is 15.8. The molecule has 1 N–H and O–H groups in total. The van der Waals surface area contributed by atoms with Gasteiger partial charge in [-0.25, -0.2) is 8.78 Å². The molecule has 1 amide bonds. The Bertz CT molecular complexity index is 1220. The number of carbonyl (C=O) groups excluding carboxylic acids is 1. The van der Waals surface area contributed by atoms with Gasteiger partial charge >= 0.3 is 0 Å². The third kappa shape index (κ3) is 4.89. The predicted octanol–water partition coefficient (Wildman–Crippen LogP) is 4.99. The molecule has 2 heterocycles. The highest BCUT2D eigenvalue weighted by Crippen LogP contribution is 2.28. The van der Waals surface area contributed by atoms with Crippen molar-refractivity contribution >= 4 is 35.0 Å². The highest BCUT2D eigenvalue weighted by molar-refractivity contribution is 7.99. The van der Waals surface area contributed by atoms with E-state index in [4.69, 9.17) is 11.6 Å². The lowest BCUT2D eigenvalue weighted by Crippen LogP contribution is -2.15. The van der Waals surface area contributed by atoms with Crippen LogP contribution in [-0.4, -0.2) is 31.4 Å². The number of aromatic nitrogens is 4. The summed E-state index contributed by atoms with van der Waals surface area (Å²) in [6.07, 6.45) is 3.25. The number of nitrogens with one attached hydrogen (secondary N) is 1. The summed E-state index contributed by atoms with van der Waals surface area (Å²) in [5, 5.41) is 11.6. The van der Waals surface area contributed by atoms with Crippen molar-refractivity contribution in [3.05, 3.63) is 83.6 Å². The molecule has 0 aliphatic heterocycles. The monoisotopic (exact) mass is 457 g/mol. The molecule has 0 bridgehead atoms. The zero-order chi connectivity index (χ0) is 21.8. The molecule has 0 aliphatic carbocycles. The Morgan fingerprint density at radius 1 is 1.03 bits per heavy atom. The molecule has 4 aromatic rings. The largest absolute Gasteiger partial charge is 0.323 e. The lowest BCUT2D eigenvalue weighted by atomic mass is 10.2. The molecule has 2 aromatic heterocycles. The van der Waals surface area contributed by atoms with Gasteiger partial charge in [0.2, 0.25) is 5.91 Å². The molecule has 156 valence electrons. The number of thioether (sulfide) groups is 1. The first-order valence-electron chi connectivity index (χ1n) is 9.01. The van der Waals surface area contributed by atoms with E-state index in [1.54, 1.807) is 41.2 Å². The third-order valence-corrected chi connectivity index (χ3v) is 5.36. The third-order valence-electron chi connectivity index (χ3n) is 4.19. The summed E-state index contributed by atoms with van der Waals surface area (Å²) in [6, 6.07) is 13.3. The molecule has 0 atom stereocenters. The summed E-state index contributed by atoms with van der Waals surface area (Å²) >= 11 is 6.97. The number of benzene rings is 2. The van der Waals surface area contributed by atoms with Crippen LogP contribution in [0, 0.1) is 11.6 Å². The van der Waals surface area contributed by atoms with Crippen molar-refractivity contribution in [1.82, 2.24) is 19.7 Å². The fraction of sp³-hybridized carbons (Fsp3) is 0.0476. The molecular weight excluding hydrogens is 444 g/mol. The van der Waals surface area contributed by atoms with E-state index in [-0.39, 0.29) is 17.3 Å². The summed E-state index contributed by atoms with van der Waals surface area (Å²) in [6.45, 7) is 0. The van der Waals surface area contributed by atoms with Crippen LogP contribution in [0.4, 0.5) is 14.5 Å². The van der Waals surface area contributed by atoms with E-state index in [1.165, 1.54) is 30.3 Å². The number of anilines is 1. The van der Waals surface area contributed by atoms with E-state index in [0.717, 1.165) is 17.3 Å². The molecule has 0 saturated carbocycles. The van der Waals surface area contributed by atoms with Gasteiger partial charge in [0, 0.05) is 28.7 Å². The fourth-order valence-electron chi connectivity index (χ4n) is 2.78. The van der Waals surface area contributed by atoms with E-state index in [2.05, 4.69) is 20.5 Å². The van der Waals surface area contributed by atoms with Gasteiger partial charge in [-0.15, -0.1) is 10.2 Å². The number of halogens is 3. The first kappa shape index (κ1) is 21.0. The number of pyridine rings is 1. The molecule has 2 aromatic carbocycles. The van der Waals surface area contributed by atoms with Crippen molar-refractivity contribution in [3.63, 3.8) is 0 Å². The predicted molar refractivity (Wildman–Crippen MR) is 115 cm³/mol. The maximum absolute atomic E-state index is 13.9. The van der Waals surface area contributed by atoms with E-state index in [9.17, 15) is 13.6 Å². The van der Waals surface area contributed by atoms with Crippen LogP contribution < -0.4 is 5.32 Å². The normalized spacial score (nSPS) is 10.8. The van der Waals surface area contributed by atoms with Gasteiger partial charge in [0.1, 0.15) is 11.6 Å². The second kappa shape index (κ2) is 9.23. The van der Waals surface area contributed by atoms with Gasteiger partial charge in [0.15, 0.2) is 11.0 Å². The maximum Gasteiger partial charge on any atom is 0.234 e. The minimum atomic E-state index is -0.586. The van der Waals surface area contributed by atoms with Gasteiger partial charge in [-0.3, -0.25) is 14.3 Å². The number of hydrogen-bond donors (Lipinski definition) is 1. The van der Waals surface area contributed by atoms with Crippen molar-refractivity contribution < 1.29 is 13.6 Å². The smallest absolute Gasteiger partial charge is 0.234 e. The Morgan fingerprint density at radius 3 is 2.52 bits per heavy atom. The van der Waals surface area contributed by atoms with E-state index in [0.29, 0.717) is 21.7 Å². The van der Waals surface area contributed by atoms with Gasteiger partial charge in [-0.2, -0.15) is 0 Å². The average Bonchev–Trinajstić information content (AvgIpc) is 3.20. The molecule has 0 radical (unpaired) electrons. The molecule has 6 nitrogen and oxygen atoms in total. The molecule has 4 rings (SSSR count). The topological polar surface area (TPSA) is 72.7 Å². The zero-order valence-corrected chi connectivity index (χ0v) is 17.4. The Labute approximate surface area is 185 Å². The van der Waals surface area contributed by atoms with Crippen LogP contribution in [0.3, 0.4) is 0 Å². The summed E-state index contributed by atoms with van der Waals surface area (Å²) in [4.78, 5) is 16.4. The number of nitrogens with zero attached hydrogens (tertiary/aromatic N) is 4. The van der Waals surface area contributed by atoms with Crippen LogP contribution in [0.2, 0.25) is 5.02 Å². The number of carbonyl (C=O) groups is 1. The standard InChI is InChI=1S/C21H14ClF2N5OS/c22-14-1-6-17(24)18(11-14)26-19(30)12-31-21-28-27-20(13-7-9-25-10-8-13)29(21)16-4-2-15(23)3-5-16/h1-11H,12H2,(H,26,30). The SMILES string of the molecule is O=C(CSc1nnc(-c2ccncc2)n1-c1ccc(F)cc1)Nc1cc(Cl)ccc1F. The van der Waals surface area contributed by atoms with Gasteiger partial charge < -0.3 is 5.32 Å². The summed E-state index contributed by atoms with van der Waals surface area (Å²) in [5.41, 5.74) is 1.38. The van der Waals surface area contributed by atoms with Crippen LogP contribution in [-0.2, 0) is 4.79 Å². The molecule has 0 spiro atoms. The van der Waals surface area contributed by atoms with Crippen molar-refractivity contribution in [2.45, 2.75) is 5.16 Å². The second-order valence-electron chi connectivity index (χ2n) is 6.31. The summed E-state index contributed by atoms with van der Waals surface area (Å²) in [7, 11) is 0. The summed E-state index contributed by atoms with van der Waals surface area (Å²) < 4.78 is 29.0. The van der Waals surface area contributed by atoms with Crippen LogP contribution >= 0.6 is 23.4 Å². The van der Waals surface area contributed by atoms with Crippen LogP contribution in [0.5, 0.6) is 0 Å². The number of hydrogen-bond acceptors (Lipinski definition) is 5. The van der Waals surface area contributed by atoms with E-state index < -0.39 is 11.7 Å². The quantitative estimate of drug-likeness (QED) is 0.413. The van der Waals surface area contributed by atoms with Gasteiger partial charge in [-0.05, 0) is 54.6 Å². The molecule has 31 heavy (non-hydrogen) atoms. The highest BCUT2D eigenvalue weighted by atomic mass is 35.5. The summed E-state index contributed by atoms with van der Waals surface area (Å²) in [5.74, 6) is -0.943. The second-order valence-corrected chi connectivity index (χ2v) is 7.69. The fourth-order valence-corrected chi connectivity index (χ4v) is 3.71. The Balaban J connectivity index is 1.59. The Kier molecular flexibility index (Phi) is 6.24. The molecular formula is C21H14ClF2N5OS. The first-order chi connectivity index (χ1) is 15.0. The minimum Gasteiger partial charge on any atom is -0.323 e. The molecule has 10 heteroatoms. The van der Waals surface area contributed by atoms with E-state index >= 15 is 0 Å². The van der Waals surface area contributed by atoms with Crippen molar-refractivity contribution in [1.29, 1.82) is 0 Å². The van der Waals surface area contributed by atoms with Gasteiger partial charge in [0.05, 0.1) is 11.4 Å². The molecule has 0 unspecified atom stereocenters. The Morgan fingerprint density at radius 2 is 1.77 bits per heavy atom. The molecule has 0 aliphatic rings. The number of amides is 1. The maximum atomic E-state index is 13.9. The van der Waals surface area contributed by atoms with Gasteiger partial charge in [0.25, 0.3) is 0 Å². The van der Waals surface area contributed by atoms with E-state index in [1.807, 2.05) is 0 Å². The van der Waals surface area contributed by atoms with Crippen molar-refractivity contribution in [2.24, 2.45) is 0 Å².